The van der Waals surface area contributed by atoms with Gasteiger partial charge in [-0.2, -0.15) is 4.37 Å². The van der Waals surface area contributed by atoms with Crippen LogP contribution in [0.5, 0.6) is 0 Å². The maximum absolute atomic E-state index is 12.4. The maximum Gasteiger partial charge on any atom is 0.235 e. The van der Waals surface area contributed by atoms with Crippen LogP contribution in [-0.2, 0) is 14.7 Å². The van der Waals surface area contributed by atoms with Crippen molar-refractivity contribution >= 4 is 33.0 Å². The number of benzene rings is 1. The quantitative estimate of drug-likeness (QED) is 0.817. The summed E-state index contributed by atoms with van der Waals surface area (Å²) in [6, 6.07) is 6.69. The Morgan fingerprint density at radius 1 is 1.26 bits per heavy atom. The van der Waals surface area contributed by atoms with Crippen molar-refractivity contribution in [3.63, 3.8) is 0 Å². The fourth-order valence-electron chi connectivity index (χ4n) is 1.65. The van der Waals surface area contributed by atoms with E-state index >= 15 is 0 Å². The summed E-state index contributed by atoms with van der Waals surface area (Å²) < 4.78 is 28.8. The number of hydrogen-bond acceptors (Lipinski definition) is 5. The molecule has 1 fully saturated rings. The second-order valence-electron chi connectivity index (χ2n) is 4.67. The molecule has 19 heavy (non-hydrogen) atoms. The van der Waals surface area contributed by atoms with Gasteiger partial charge in [-0.15, -0.1) is 11.6 Å². The van der Waals surface area contributed by atoms with Crippen LogP contribution < -0.4 is 0 Å². The second-order valence-corrected chi connectivity index (χ2v) is 8.26. The summed E-state index contributed by atoms with van der Waals surface area (Å²) in [6.07, 6.45) is 1.60. The van der Waals surface area contributed by atoms with Crippen molar-refractivity contribution in [2.75, 3.05) is 0 Å². The molecule has 2 aromatic rings. The summed E-state index contributed by atoms with van der Waals surface area (Å²) in [5, 5.41) is 0. The molecule has 1 aliphatic carbocycles. The first kappa shape index (κ1) is 13.0. The standard InChI is InChI=1S/C12H11ClN2O2S2/c1-8-2-4-9(5-3-8)19(16,17)11-14-10(15-18-11)12(13)6-7-12/h2-5H,6-7H2,1H3. The number of aromatic nitrogens is 2. The van der Waals surface area contributed by atoms with Crippen LogP contribution in [0.1, 0.15) is 24.2 Å². The van der Waals surface area contributed by atoms with Crippen molar-refractivity contribution in [1.29, 1.82) is 0 Å². The van der Waals surface area contributed by atoms with Crippen LogP contribution in [0.3, 0.4) is 0 Å². The molecule has 0 spiro atoms. The number of hydrogen-bond donors (Lipinski definition) is 0. The van der Waals surface area contributed by atoms with Crippen molar-refractivity contribution < 1.29 is 8.42 Å². The smallest absolute Gasteiger partial charge is 0.216 e. The van der Waals surface area contributed by atoms with Crippen molar-refractivity contribution in [3.8, 4) is 0 Å². The Kier molecular flexibility index (Phi) is 2.92. The lowest BCUT2D eigenvalue weighted by Gasteiger charge is -2.01. The van der Waals surface area contributed by atoms with E-state index in [1.165, 1.54) is 0 Å². The van der Waals surface area contributed by atoms with Gasteiger partial charge in [0.2, 0.25) is 14.2 Å². The van der Waals surface area contributed by atoms with Crippen LogP contribution in [0.2, 0.25) is 0 Å². The van der Waals surface area contributed by atoms with Gasteiger partial charge in [0.25, 0.3) is 0 Å². The molecule has 1 aromatic carbocycles. The summed E-state index contributed by atoms with van der Waals surface area (Å²) in [4.78, 5) is 3.81. The van der Waals surface area contributed by atoms with Gasteiger partial charge in [-0.3, -0.25) is 0 Å². The van der Waals surface area contributed by atoms with E-state index in [2.05, 4.69) is 9.36 Å². The number of rotatable bonds is 3. The minimum atomic E-state index is -3.58. The van der Waals surface area contributed by atoms with E-state index in [0.29, 0.717) is 5.82 Å². The molecule has 4 nitrogen and oxygen atoms in total. The largest absolute Gasteiger partial charge is 0.235 e. The molecule has 1 aromatic heterocycles. The Bertz CT molecular complexity index is 718. The zero-order valence-electron chi connectivity index (χ0n) is 10.1. The normalized spacial score (nSPS) is 17.4. The highest BCUT2D eigenvalue weighted by molar-refractivity contribution is 7.93. The summed E-state index contributed by atoms with van der Waals surface area (Å²) >= 11 is 7.08. The Labute approximate surface area is 120 Å². The zero-order chi connectivity index (χ0) is 13.7. The lowest BCUT2D eigenvalue weighted by atomic mass is 10.2. The van der Waals surface area contributed by atoms with Gasteiger partial charge in [-0.05, 0) is 43.4 Å². The highest BCUT2D eigenvalue weighted by Gasteiger charge is 2.46. The minimum absolute atomic E-state index is 0.0123. The van der Waals surface area contributed by atoms with Gasteiger partial charge in [0, 0.05) is 0 Å². The Morgan fingerprint density at radius 3 is 2.47 bits per heavy atom. The minimum Gasteiger partial charge on any atom is -0.216 e. The lowest BCUT2D eigenvalue weighted by molar-refractivity contribution is 0.594. The fraction of sp³-hybridized carbons (Fsp3) is 0.333. The van der Waals surface area contributed by atoms with E-state index in [1.807, 2.05) is 6.92 Å². The summed E-state index contributed by atoms with van der Waals surface area (Å²) in [5.74, 6) is 0.435. The second kappa shape index (κ2) is 4.26. The number of halogens is 1. The Balaban J connectivity index is 2.00. The molecule has 0 atom stereocenters. The summed E-state index contributed by atoms with van der Waals surface area (Å²) in [6.45, 7) is 1.91. The van der Waals surface area contributed by atoms with E-state index in [0.717, 1.165) is 29.9 Å². The average Bonchev–Trinajstić information content (AvgIpc) is 2.94. The van der Waals surface area contributed by atoms with Crippen molar-refractivity contribution in [1.82, 2.24) is 9.36 Å². The number of alkyl halides is 1. The number of aryl methyl sites for hydroxylation is 1. The molecular weight excluding hydrogens is 304 g/mol. The van der Waals surface area contributed by atoms with Gasteiger partial charge in [0.1, 0.15) is 4.87 Å². The maximum atomic E-state index is 12.4. The third-order valence-electron chi connectivity index (χ3n) is 3.06. The summed E-state index contributed by atoms with van der Waals surface area (Å²) in [7, 11) is -3.58. The molecule has 0 bridgehead atoms. The average molecular weight is 315 g/mol. The molecule has 0 saturated heterocycles. The van der Waals surface area contributed by atoms with E-state index in [-0.39, 0.29) is 9.24 Å². The van der Waals surface area contributed by atoms with Crippen molar-refractivity contribution in [2.24, 2.45) is 0 Å². The first-order chi connectivity index (χ1) is 8.92. The molecule has 0 unspecified atom stereocenters. The SMILES string of the molecule is Cc1ccc(S(=O)(=O)c2nc(C3(Cl)CC3)ns2)cc1. The molecule has 7 heteroatoms. The van der Waals surface area contributed by atoms with Gasteiger partial charge in [-0.25, -0.2) is 13.4 Å². The van der Waals surface area contributed by atoms with Gasteiger partial charge in [0.15, 0.2) is 5.82 Å². The first-order valence-electron chi connectivity index (χ1n) is 5.77. The third kappa shape index (κ3) is 2.28. The van der Waals surface area contributed by atoms with Crippen LogP contribution in [0, 0.1) is 6.92 Å². The molecule has 1 saturated carbocycles. The van der Waals surface area contributed by atoms with Crippen LogP contribution in [0.25, 0.3) is 0 Å². The summed E-state index contributed by atoms with van der Waals surface area (Å²) in [5.41, 5.74) is 1.01. The van der Waals surface area contributed by atoms with Crippen LogP contribution in [-0.4, -0.2) is 17.8 Å². The molecule has 1 aliphatic rings. The first-order valence-corrected chi connectivity index (χ1v) is 8.40. The monoisotopic (exact) mass is 314 g/mol. The van der Waals surface area contributed by atoms with Gasteiger partial charge >= 0.3 is 0 Å². The van der Waals surface area contributed by atoms with E-state index < -0.39 is 14.7 Å². The van der Waals surface area contributed by atoms with E-state index in [9.17, 15) is 8.42 Å². The lowest BCUT2D eigenvalue weighted by Crippen LogP contribution is -2.04. The number of nitrogens with zero attached hydrogens (tertiary/aromatic N) is 2. The molecule has 0 radical (unpaired) electrons. The molecule has 1 heterocycles. The fourth-order valence-corrected chi connectivity index (χ4v) is 4.08. The van der Waals surface area contributed by atoms with E-state index in [1.54, 1.807) is 24.3 Å². The highest BCUT2D eigenvalue weighted by atomic mass is 35.5. The predicted molar refractivity (Wildman–Crippen MR) is 73.3 cm³/mol. The van der Waals surface area contributed by atoms with Gasteiger partial charge in [-0.1, -0.05) is 17.7 Å². The van der Waals surface area contributed by atoms with Crippen LogP contribution in [0.4, 0.5) is 0 Å². The number of sulfone groups is 1. The predicted octanol–water partition coefficient (Wildman–Crippen LogP) is 2.91. The molecule has 100 valence electrons. The molecule has 0 aliphatic heterocycles. The highest BCUT2D eigenvalue weighted by Crippen LogP contribution is 2.51. The molecule has 0 amide bonds. The molecule has 3 rings (SSSR count). The topological polar surface area (TPSA) is 59.9 Å². The molecular formula is C12H11ClN2O2S2. The third-order valence-corrected chi connectivity index (χ3v) is 6.44. The Hall–Kier alpha value is -0.980. The molecule has 0 N–H and O–H groups in total. The van der Waals surface area contributed by atoms with Gasteiger partial charge < -0.3 is 0 Å². The van der Waals surface area contributed by atoms with Crippen molar-refractivity contribution in [2.45, 2.75) is 33.9 Å². The Morgan fingerprint density at radius 2 is 1.89 bits per heavy atom. The van der Waals surface area contributed by atoms with Gasteiger partial charge in [0.05, 0.1) is 4.90 Å². The van der Waals surface area contributed by atoms with Crippen molar-refractivity contribution in [3.05, 3.63) is 35.7 Å². The van der Waals surface area contributed by atoms with Crippen LogP contribution >= 0.6 is 23.1 Å². The zero-order valence-corrected chi connectivity index (χ0v) is 12.5. The van der Waals surface area contributed by atoms with Crippen LogP contribution in [0.15, 0.2) is 33.5 Å². The van der Waals surface area contributed by atoms with E-state index in [4.69, 9.17) is 11.6 Å².